The van der Waals surface area contributed by atoms with Crippen LogP contribution >= 0.6 is 69.6 Å². The van der Waals surface area contributed by atoms with E-state index in [1.165, 1.54) is 0 Å². The molecule has 0 unspecified atom stereocenters. The van der Waals surface area contributed by atoms with Crippen molar-refractivity contribution in [2.75, 3.05) is 13.2 Å². The summed E-state index contributed by atoms with van der Waals surface area (Å²) in [5, 5.41) is 7.83. The van der Waals surface area contributed by atoms with Gasteiger partial charge in [0, 0.05) is 20.8 Å². The van der Waals surface area contributed by atoms with Gasteiger partial charge < -0.3 is 23.7 Å². The molecule has 1 aliphatic rings. The Labute approximate surface area is 235 Å². The van der Waals surface area contributed by atoms with Gasteiger partial charge in [0.1, 0.15) is 25.4 Å². The molecule has 1 rings (SSSR count). The second kappa shape index (κ2) is 13.5. The molecule has 208 valence electrons. The Morgan fingerprint density at radius 3 is 1.89 bits per heavy atom. The Bertz CT molecular complexity index is 940. The van der Waals surface area contributed by atoms with E-state index >= 15 is 0 Å². The summed E-state index contributed by atoms with van der Waals surface area (Å²) in [7, 11) is -4.83. The van der Waals surface area contributed by atoms with E-state index in [2.05, 4.69) is 4.18 Å². The topological polar surface area (TPSA) is 177 Å². The minimum absolute atomic E-state index is 0.588. The SMILES string of the molecule is CC(=O)OC[C@H]1O[C@H](OC(=N)C(Cl)(Cl)Cl)[C@H](NS(=O)(=O)OCC(Cl)(Cl)Cl)[C@@H](OC(C)=O)[C@@H]1OC(C)=O. The van der Waals surface area contributed by atoms with Gasteiger partial charge >= 0.3 is 28.2 Å². The Morgan fingerprint density at radius 1 is 0.917 bits per heavy atom. The monoisotopic (exact) mass is 658 g/mol. The van der Waals surface area contributed by atoms with Gasteiger partial charge in [-0.25, -0.2) is 0 Å². The molecular weight excluding hydrogens is 641 g/mol. The maximum atomic E-state index is 12.6. The van der Waals surface area contributed by atoms with Gasteiger partial charge in [0.25, 0.3) is 3.79 Å². The summed E-state index contributed by atoms with van der Waals surface area (Å²) in [5.74, 6) is -3.68. The fraction of sp³-hybridized carbons (Fsp3) is 0.750. The van der Waals surface area contributed by atoms with Crippen LogP contribution in [-0.4, -0.2) is 83.7 Å². The predicted octanol–water partition coefficient (Wildman–Crippen LogP) is 2.09. The molecule has 0 amide bonds. The number of esters is 3. The zero-order chi connectivity index (χ0) is 28.1. The largest absolute Gasteiger partial charge is 0.463 e. The normalized spacial score (nSPS) is 25.0. The first-order valence-electron chi connectivity index (χ1n) is 9.41. The van der Waals surface area contributed by atoms with Crippen molar-refractivity contribution in [2.45, 2.75) is 59.0 Å². The molecule has 20 heteroatoms. The lowest BCUT2D eigenvalue weighted by Gasteiger charge is -2.44. The van der Waals surface area contributed by atoms with Gasteiger partial charge in [-0.3, -0.25) is 24.0 Å². The molecule has 0 aliphatic carbocycles. The average molecular weight is 661 g/mol. The Morgan fingerprint density at radius 2 is 1.44 bits per heavy atom. The first-order valence-corrected chi connectivity index (χ1v) is 13.1. The van der Waals surface area contributed by atoms with Gasteiger partial charge in [-0.05, 0) is 0 Å². The molecule has 0 aromatic rings. The highest BCUT2D eigenvalue weighted by Gasteiger charge is 2.54. The molecule has 0 aromatic carbocycles. The van der Waals surface area contributed by atoms with Crippen molar-refractivity contribution in [2.24, 2.45) is 0 Å². The lowest BCUT2D eigenvalue weighted by atomic mass is 9.97. The van der Waals surface area contributed by atoms with E-state index in [-0.39, 0.29) is 0 Å². The number of rotatable bonds is 9. The van der Waals surface area contributed by atoms with E-state index in [0.717, 1.165) is 20.8 Å². The van der Waals surface area contributed by atoms with Crippen LogP contribution in [0.15, 0.2) is 0 Å². The molecule has 0 radical (unpaired) electrons. The Balaban J connectivity index is 3.52. The number of hydrogen-bond donors (Lipinski definition) is 2. The van der Waals surface area contributed by atoms with E-state index in [9.17, 15) is 22.8 Å². The van der Waals surface area contributed by atoms with Crippen LogP contribution in [0.2, 0.25) is 0 Å². The number of carbonyl (C=O) groups excluding carboxylic acids is 3. The summed E-state index contributed by atoms with van der Waals surface area (Å²) in [6, 6.07) is -1.82. The summed E-state index contributed by atoms with van der Waals surface area (Å²) in [5.41, 5.74) is 0. The summed E-state index contributed by atoms with van der Waals surface area (Å²) in [4.78, 5) is 35.0. The number of hydrogen-bond acceptors (Lipinski definition) is 12. The van der Waals surface area contributed by atoms with Crippen molar-refractivity contribution in [3.05, 3.63) is 0 Å². The lowest BCUT2D eigenvalue weighted by molar-refractivity contribution is -0.258. The third kappa shape index (κ3) is 11.9. The third-order valence-electron chi connectivity index (χ3n) is 3.85. The smallest absolute Gasteiger partial charge is 0.336 e. The standard InChI is InChI=1S/C16H20Cl6N2O11S/c1-6(25)30-4-9-11(32-7(2)26)12(33-8(3)27)10(13(34-9)35-14(23)16(20,21)22)24-36(28,29)31-5-15(17,18)19/h9-13,23-24H,4-5H2,1-3H3/t9-,10-,11-,12-,13-/m1/s1. The van der Waals surface area contributed by atoms with E-state index < -0.39 is 85.6 Å². The van der Waals surface area contributed by atoms with E-state index in [4.69, 9.17) is 98.7 Å². The van der Waals surface area contributed by atoms with Gasteiger partial charge in [-0.2, -0.15) is 13.1 Å². The molecule has 1 saturated heterocycles. The van der Waals surface area contributed by atoms with E-state index in [1.807, 2.05) is 4.72 Å². The fourth-order valence-electron chi connectivity index (χ4n) is 2.66. The molecule has 0 aromatic heterocycles. The number of ether oxygens (including phenoxy) is 5. The molecule has 0 saturated carbocycles. The number of carbonyl (C=O) groups is 3. The first kappa shape index (κ1) is 33.5. The minimum atomic E-state index is -4.83. The van der Waals surface area contributed by atoms with Crippen molar-refractivity contribution in [3.8, 4) is 0 Å². The highest BCUT2D eigenvalue weighted by Crippen LogP contribution is 2.33. The highest BCUT2D eigenvalue weighted by atomic mass is 35.6. The van der Waals surface area contributed by atoms with E-state index in [1.54, 1.807) is 0 Å². The predicted molar refractivity (Wildman–Crippen MR) is 128 cm³/mol. The molecule has 5 atom stereocenters. The Kier molecular flexibility index (Phi) is 12.5. The van der Waals surface area contributed by atoms with Crippen molar-refractivity contribution in [1.29, 1.82) is 5.41 Å². The minimum Gasteiger partial charge on any atom is -0.463 e. The third-order valence-corrected chi connectivity index (χ3v) is 5.68. The maximum absolute atomic E-state index is 12.6. The zero-order valence-electron chi connectivity index (χ0n) is 18.5. The second-order valence-corrected chi connectivity index (χ2v) is 13.1. The van der Waals surface area contributed by atoms with Crippen LogP contribution in [0.3, 0.4) is 0 Å². The van der Waals surface area contributed by atoms with Crippen LogP contribution in [0, 0.1) is 5.41 Å². The molecule has 36 heavy (non-hydrogen) atoms. The van der Waals surface area contributed by atoms with Crippen LogP contribution in [-0.2, 0) is 52.6 Å². The van der Waals surface area contributed by atoms with Crippen LogP contribution in [0.5, 0.6) is 0 Å². The summed E-state index contributed by atoms with van der Waals surface area (Å²) in [6.45, 7) is 1.49. The van der Waals surface area contributed by atoms with Crippen molar-refractivity contribution in [1.82, 2.24) is 4.72 Å². The lowest BCUT2D eigenvalue weighted by Crippen LogP contribution is -2.67. The van der Waals surface area contributed by atoms with Gasteiger partial charge in [0.15, 0.2) is 12.2 Å². The summed E-state index contributed by atoms with van der Waals surface area (Å²) < 4.78 is 53.1. The van der Waals surface area contributed by atoms with Crippen LogP contribution in [0.4, 0.5) is 0 Å². The van der Waals surface area contributed by atoms with E-state index in [0.29, 0.717) is 0 Å². The molecule has 1 aliphatic heterocycles. The van der Waals surface area contributed by atoms with Gasteiger partial charge in [-0.15, -0.1) is 0 Å². The van der Waals surface area contributed by atoms with Crippen LogP contribution in [0.25, 0.3) is 0 Å². The zero-order valence-corrected chi connectivity index (χ0v) is 23.8. The van der Waals surface area contributed by atoms with Gasteiger partial charge in [-0.1, -0.05) is 69.6 Å². The molecule has 1 fully saturated rings. The molecular formula is C16H20Cl6N2O11S. The average Bonchev–Trinajstić information content (AvgIpc) is 2.67. The molecule has 0 bridgehead atoms. The van der Waals surface area contributed by atoms with Crippen LogP contribution in [0.1, 0.15) is 20.8 Å². The maximum Gasteiger partial charge on any atom is 0.336 e. The van der Waals surface area contributed by atoms with Gasteiger partial charge in [0.05, 0.1) is 0 Å². The van der Waals surface area contributed by atoms with Crippen molar-refractivity contribution in [3.63, 3.8) is 0 Å². The number of alkyl halides is 6. The summed E-state index contributed by atoms with van der Waals surface area (Å²) in [6.07, 6.45) is -6.62. The van der Waals surface area contributed by atoms with Crippen molar-refractivity contribution >= 4 is 104 Å². The fourth-order valence-corrected chi connectivity index (χ4v) is 4.13. The molecule has 13 nitrogen and oxygen atoms in total. The first-order chi connectivity index (χ1) is 16.2. The molecule has 1 heterocycles. The number of halogens is 6. The summed E-state index contributed by atoms with van der Waals surface area (Å²) >= 11 is 33.4. The molecule has 2 N–H and O–H groups in total. The van der Waals surface area contributed by atoms with Gasteiger partial charge in [0.2, 0.25) is 16.0 Å². The number of nitrogens with one attached hydrogen (secondary N) is 2. The molecule has 0 spiro atoms. The Hall–Kier alpha value is -0.550. The second-order valence-electron chi connectivity index (χ2n) is 6.91. The van der Waals surface area contributed by atoms with Crippen LogP contribution < -0.4 is 4.72 Å². The quantitative estimate of drug-likeness (QED) is 0.122. The highest BCUT2D eigenvalue weighted by molar-refractivity contribution is 7.84. The van der Waals surface area contributed by atoms with Crippen molar-refractivity contribution < 1.29 is 50.7 Å².